The third kappa shape index (κ3) is 5.16. The molecule has 7 nitrogen and oxygen atoms in total. The summed E-state index contributed by atoms with van der Waals surface area (Å²) in [7, 11) is -3.07. The van der Waals surface area contributed by atoms with Gasteiger partial charge in [-0.1, -0.05) is 37.3 Å². The maximum atomic E-state index is 13.1. The van der Waals surface area contributed by atoms with Crippen molar-refractivity contribution in [2.75, 3.05) is 24.6 Å². The predicted octanol–water partition coefficient (Wildman–Crippen LogP) is 2.11. The summed E-state index contributed by atoms with van der Waals surface area (Å²) in [4.78, 5) is 29.4. The Morgan fingerprint density at radius 2 is 1.84 bits per heavy atom. The van der Waals surface area contributed by atoms with Crippen LogP contribution in [-0.2, 0) is 27.5 Å². The second-order valence-corrected chi connectivity index (χ2v) is 11.8. The van der Waals surface area contributed by atoms with Gasteiger partial charge in [0.2, 0.25) is 0 Å². The van der Waals surface area contributed by atoms with Crippen molar-refractivity contribution in [1.82, 2.24) is 15.8 Å². The zero-order chi connectivity index (χ0) is 22.0. The number of amides is 2. The molecule has 2 heterocycles. The number of rotatable bonds is 4. The van der Waals surface area contributed by atoms with Crippen molar-refractivity contribution in [2.24, 2.45) is 5.92 Å². The summed E-state index contributed by atoms with van der Waals surface area (Å²) in [6.07, 6.45) is 3.11. The Morgan fingerprint density at radius 1 is 1.13 bits per heavy atom. The van der Waals surface area contributed by atoms with Crippen LogP contribution in [-0.4, -0.2) is 49.7 Å². The van der Waals surface area contributed by atoms with Crippen LogP contribution in [0.5, 0.6) is 0 Å². The van der Waals surface area contributed by atoms with E-state index in [2.05, 4.69) is 17.8 Å². The van der Waals surface area contributed by atoms with E-state index in [1.54, 1.807) is 0 Å². The maximum absolute atomic E-state index is 13.1. The number of aryl methyl sites for hydroxylation is 1. The molecule has 2 N–H and O–H groups in total. The van der Waals surface area contributed by atoms with Gasteiger partial charge in [-0.3, -0.25) is 25.3 Å². The number of fused-ring (bicyclic) bond motifs is 1. The van der Waals surface area contributed by atoms with E-state index in [9.17, 15) is 18.0 Å². The Kier molecular flexibility index (Phi) is 6.45. The number of hydrogen-bond acceptors (Lipinski definition) is 6. The molecule has 9 heteroatoms. The van der Waals surface area contributed by atoms with Gasteiger partial charge in [0.15, 0.2) is 9.84 Å². The van der Waals surface area contributed by atoms with Gasteiger partial charge in [0.25, 0.3) is 11.8 Å². The lowest BCUT2D eigenvalue weighted by Gasteiger charge is -2.33. The highest BCUT2D eigenvalue weighted by atomic mass is 32.2. The van der Waals surface area contributed by atoms with Crippen LogP contribution in [0.4, 0.5) is 0 Å². The lowest BCUT2D eigenvalue weighted by molar-refractivity contribution is -0.127. The zero-order valence-corrected chi connectivity index (χ0v) is 19.1. The highest BCUT2D eigenvalue weighted by molar-refractivity contribution is 7.91. The van der Waals surface area contributed by atoms with Crippen molar-refractivity contribution in [3.05, 3.63) is 57.3 Å². The minimum Gasteiger partial charge on any atom is -0.286 e. The van der Waals surface area contributed by atoms with Crippen molar-refractivity contribution < 1.29 is 18.0 Å². The quantitative estimate of drug-likeness (QED) is 0.680. The number of carbonyl (C=O) groups is 2. The summed E-state index contributed by atoms with van der Waals surface area (Å²) < 4.78 is 23.6. The predicted molar refractivity (Wildman–Crippen MR) is 121 cm³/mol. The van der Waals surface area contributed by atoms with E-state index in [1.807, 2.05) is 41.3 Å². The molecule has 0 radical (unpaired) electrons. The zero-order valence-electron chi connectivity index (χ0n) is 17.5. The molecule has 166 valence electrons. The number of hydrazine groups is 1. The van der Waals surface area contributed by atoms with E-state index >= 15 is 0 Å². The summed E-state index contributed by atoms with van der Waals surface area (Å²) in [5.41, 5.74) is 7.11. The fourth-order valence-electron chi connectivity index (χ4n) is 4.21. The van der Waals surface area contributed by atoms with E-state index in [4.69, 9.17) is 0 Å². The number of nitrogens with one attached hydrogen (secondary N) is 2. The third-order valence-electron chi connectivity index (χ3n) is 5.96. The summed E-state index contributed by atoms with van der Waals surface area (Å²) in [6, 6.07) is 10.5. The average Bonchev–Trinajstić information content (AvgIpc) is 3.17. The first-order chi connectivity index (χ1) is 14.8. The Hall–Kier alpha value is -2.23. The molecule has 2 unspecified atom stereocenters. The number of hydrogen-bond donors (Lipinski definition) is 2. The van der Waals surface area contributed by atoms with Gasteiger partial charge in [0, 0.05) is 18.0 Å². The van der Waals surface area contributed by atoms with Gasteiger partial charge in [-0.2, -0.15) is 0 Å². The topological polar surface area (TPSA) is 95.6 Å². The first-order valence-electron chi connectivity index (χ1n) is 10.5. The van der Waals surface area contributed by atoms with E-state index in [1.165, 1.54) is 21.8 Å². The molecular weight excluding hydrogens is 434 g/mol. The molecule has 2 aliphatic rings. The molecule has 4 rings (SSSR count). The molecule has 0 spiro atoms. The standard InChI is InChI=1S/C22H27N3O4S2/c1-15-7-8-18-17(13-15)14-19(30-18)21(26)23-24-22(27)20(16-5-3-2-4-6-16)25-9-11-31(28,29)12-10-25/h2-6,14-15,20H,7-13H2,1H3,(H,23,26)(H,24,27). The van der Waals surface area contributed by atoms with E-state index < -0.39 is 15.9 Å². The van der Waals surface area contributed by atoms with Crippen molar-refractivity contribution in [3.63, 3.8) is 0 Å². The Morgan fingerprint density at radius 3 is 2.55 bits per heavy atom. The number of nitrogens with zero attached hydrogens (tertiary/aromatic N) is 1. The monoisotopic (exact) mass is 461 g/mol. The summed E-state index contributed by atoms with van der Waals surface area (Å²) in [5.74, 6) is -0.0375. The third-order valence-corrected chi connectivity index (χ3v) is 8.81. The lowest BCUT2D eigenvalue weighted by Crippen LogP contribution is -2.51. The van der Waals surface area contributed by atoms with E-state index in [0.29, 0.717) is 10.8 Å². The van der Waals surface area contributed by atoms with Crippen LogP contribution < -0.4 is 10.9 Å². The van der Waals surface area contributed by atoms with Gasteiger partial charge in [-0.05, 0) is 42.4 Å². The number of benzene rings is 1. The van der Waals surface area contributed by atoms with Crippen LogP contribution in [0.3, 0.4) is 0 Å². The summed E-state index contributed by atoms with van der Waals surface area (Å²) in [6.45, 7) is 2.77. The SMILES string of the molecule is CC1CCc2sc(C(=O)NNC(=O)C(c3ccccc3)N3CCS(=O)(=O)CC3)cc2C1. The minimum absolute atomic E-state index is 0.0230. The summed E-state index contributed by atoms with van der Waals surface area (Å²) in [5, 5.41) is 0. The molecule has 0 saturated carbocycles. The van der Waals surface area contributed by atoms with E-state index in [-0.39, 0.29) is 36.4 Å². The lowest BCUT2D eigenvalue weighted by atomic mass is 9.90. The fraction of sp³-hybridized carbons (Fsp3) is 0.455. The molecule has 0 bridgehead atoms. The van der Waals surface area contributed by atoms with E-state index in [0.717, 1.165) is 24.8 Å². The molecule has 1 saturated heterocycles. The smallest absolute Gasteiger partial charge is 0.279 e. The van der Waals surface area contributed by atoms with Crippen LogP contribution in [0, 0.1) is 5.92 Å². The van der Waals surface area contributed by atoms with Crippen LogP contribution in [0.25, 0.3) is 0 Å². The van der Waals surface area contributed by atoms with Crippen LogP contribution in [0.2, 0.25) is 0 Å². The molecule has 2 atom stereocenters. The average molecular weight is 462 g/mol. The molecule has 1 aromatic heterocycles. The first kappa shape index (κ1) is 22.0. The highest BCUT2D eigenvalue weighted by Crippen LogP contribution is 2.32. The Bertz CT molecular complexity index is 1050. The fourth-order valence-corrected chi connectivity index (χ4v) is 6.55. The van der Waals surface area contributed by atoms with Crippen LogP contribution in [0.15, 0.2) is 36.4 Å². The largest absolute Gasteiger partial charge is 0.286 e. The van der Waals surface area contributed by atoms with Crippen LogP contribution in [0.1, 0.15) is 45.1 Å². The number of carbonyl (C=O) groups excluding carboxylic acids is 2. The molecule has 1 aromatic carbocycles. The molecule has 1 aliphatic carbocycles. The highest BCUT2D eigenvalue weighted by Gasteiger charge is 2.33. The van der Waals surface area contributed by atoms with Gasteiger partial charge < -0.3 is 0 Å². The molecule has 1 aliphatic heterocycles. The van der Waals surface area contributed by atoms with Crippen LogP contribution >= 0.6 is 11.3 Å². The molecule has 1 fully saturated rings. The van der Waals surface area contributed by atoms with Crippen molar-refractivity contribution in [3.8, 4) is 0 Å². The van der Waals surface area contributed by atoms with Crippen molar-refractivity contribution in [1.29, 1.82) is 0 Å². The van der Waals surface area contributed by atoms with Crippen molar-refractivity contribution in [2.45, 2.75) is 32.2 Å². The molecular formula is C22H27N3O4S2. The molecule has 2 amide bonds. The normalized spacial score (nSPS) is 21.6. The second-order valence-electron chi connectivity index (χ2n) is 8.35. The number of thiophene rings is 1. The Balaban J connectivity index is 1.45. The first-order valence-corrected chi connectivity index (χ1v) is 13.2. The molecule has 31 heavy (non-hydrogen) atoms. The molecule has 2 aromatic rings. The van der Waals surface area contributed by atoms with Gasteiger partial charge in [0.05, 0.1) is 16.4 Å². The van der Waals surface area contributed by atoms with Gasteiger partial charge in [0.1, 0.15) is 6.04 Å². The Labute approximate surface area is 186 Å². The summed E-state index contributed by atoms with van der Waals surface area (Å²) >= 11 is 1.49. The van der Waals surface area contributed by atoms with Gasteiger partial charge in [-0.15, -0.1) is 11.3 Å². The van der Waals surface area contributed by atoms with Gasteiger partial charge in [-0.25, -0.2) is 8.42 Å². The minimum atomic E-state index is -3.07. The van der Waals surface area contributed by atoms with Gasteiger partial charge >= 0.3 is 0 Å². The second kappa shape index (κ2) is 9.10. The maximum Gasteiger partial charge on any atom is 0.279 e. The van der Waals surface area contributed by atoms with Crippen molar-refractivity contribution >= 4 is 33.0 Å². The number of sulfone groups is 1.